The number of benzene rings is 2. The van der Waals surface area contributed by atoms with Crippen molar-refractivity contribution >= 4 is 24.7 Å². The van der Waals surface area contributed by atoms with Gasteiger partial charge in [-0.3, -0.25) is 0 Å². The Morgan fingerprint density at radius 2 is 1.33 bits per heavy atom. The van der Waals surface area contributed by atoms with E-state index in [0.29, 0.717) is 0 Å². The molecule has 0 unspecified atom stereocenters. The lowest BCUT2D eigenvalue weighted by atomic mass is 9.90. The van der Waals surface area contributed by atoms with Gasteiger partial charge < -0.3 is 15.5 Å². The van der Waals surface area contributed by atoms with Gasteiger partial charge in [0, 0.05) is 11.4 Å². The number of aliphatic hydroxyl groups is 2. The molecule has 0 aliphatic carbocycles. The van der Waals surface area contributed by atoms with Crippen molar-refractivity contribution in [2.45, 2.75) is 52.7 Å². The predicted molar refractivity (Wildman–Crippen MR) is 106 cm³/mol. The maximum absolute atomic E-state index is 9.10. The van der Waals surface area contributed by atoms with Gasteiger partial charge in [0.15, 0.2) is 0 Å². The van der Waals surface area contributed by atoms with Gasteiger partial charge in [0.1, 0.15) is 7.85 Å². The monoisotopic (exact) mass is 327 g/mol. The van der Waals surface area contributed by atoms with E-state index in [2.05, 4.69) is 69.5 Å². The Hall–Kier alpha value is -1.78. The molecule has 24 heavy (non-hydrogen) atoms. The van der Waals surface area contributed by atoms with Crippen LogP contribution in [0.4, 0.5) is 11.4 Å². The van der Waals surface area contributed by atoms with Crippen molar-refractivity contribution in [2.24, 2.45) is 0 Å². The lowest BCUT2D eigenvalue weighted by Gasteiger charge is -2.31. The molecule has 0 bridgehead atoms. The third-order valence-corrected chi connectivity index (χ3v) is 4.43. The van der Waals surface area contributed by atoms with E-state index in [0.717, 1.165) is 5.69 Å². The van der Waals surface area contributed by atoms with E-state index >= 15 is 0 Å². The normalized spacial score (nSPS) is 11.5. The molecule has 4 heteroatoms. The molecule has 2 rings (SSSR count). The molecule has 0 atom stereocenters. The molecule has 0 saturated heterocycles. The smallest absolute Gasteiger partial charge is 0.139 e. The van der Waals surface area contributed by atoms with Gasteiger partial charge in [0.25, 0.3) is 0 Å². The standard InChI is InChI=1S/C14H16BN.C6H14O2/c1-10-4-3-5-14(11(10)2)16-13-8-6-12(15)7-9-13;1-5(2,7)6(3,4)8/h3-9,16H,15H2,1-2H3;7-8H,1-4H3. The van der Waals surface area contributed by atoms with Gasteiger partial charge in [-0.15, -0.1) is 0 Å². The number of hydrogen-bond donors (Lipinski definition) is 3. The van der Waals surface area contributed by atoms with Gasteiger partial charge in [-0.05, 0) is 70.9 Å². The first-order valence-corrected chi connectivity index (χ1v) is 8.26. The summed E-state index contributed by atoms with van der Waals surface area (Å²) in [7, 11) is 2.10. The van der Waals surface area contributed by atoms with Crippen LogP contribution in [0.3, 0.4) is 0 Å². The highest BCUT2D eigenvalue weighted by Gasteiger charge is 2.31. The molecule has 2 aromatic rings. The molecule has 3 nitrogen and oxygen atoms in total. The topological polar surface area (TPSA) is 52.5 Å². The Morgan fingerprint density at radius 3 is 1.79 bits per heavy atom. The third-order valence-electron chi connectivity index (χ3n) is 4.43. The molecule has 0 aliphatic heterocycles. The average Bonchev–Trinajstić information content (AvgIpc) is 2.45. The summed E-state index contributed by atoms with van der Waals surface area (Å²) in [6.07, 6.45) is 0. The minimum absolute atomic E-state index is 1.01. The first-order valence-electron chi connectivity index (χ1n) is 8.26. The Balaban J connectivity index is 0.000000307. The zero-order valence-electron chi connectivity index (χ0n) is 15.9. The molecule has 0 fully saturated rings. The van der Waals surface area contributed by atoms with Crippen molar-refractivity contribution in [3.05, 3.63) is 53.6 Å². The van der Waals surface area contributed by atoms with Crippen LogP contribution in [0.25, 0.3) is 0 Å². The van der Waals surface area contributed by atoms with Crippen LogP contribution in [0.2, 0.25) is 0 Å². The summed E-state index contributed by atoms with van der Waals surface area (Å²) in [5, 5.41) is 21.6. The van der Waals surface area contributed by atoms with Crippen molar-refractivity contribution < 1.29 is 10.2 Å². The molecule has 0 aliphatic rings. The molecule has 0 heterocycles. The molecule has 0 aromatic heterocycles. The molecule has 0 spiro atoms. The fraction of sp³-hybridized carbons (Fsp3) is 0.400. The van der Waals surface area contributed by atoms with Gasteiger partial charge in [-0.2, -0.15) is 0 Å². The largest absolute Gasteiger partial charge is 0.387 e. The number of aryl methyl sites for hydroxylation is 1. The quantitative estimate of drug-likeness (QED) is 0.760. The minimum Gasteiger partial charge on any atom is -0.387 e. The maximum Gasteiger partial charge on any atom is 0.139 e. The fourth-order valence-electron chi connectivity index (χ4n) is 1.68. The summed E-state index contributed by atoms with van der Waals surface area (Å²) >= 11 is 0. The Bertz CT molecular complexity index is 641. The van der Waals surface area contributed by atoms with Crippen LogP contribution < -0.4 is 10.8 Å². The van der Waals surface area contributed by atoms with E-state index in [4.69, 9.17) is 10.2 Å². The van der Waals surface area contributed by atoms with Crippen molar-refractivity contribution in [3.8, 4) is 0 Å². The number of anilines is 2. The highest BCUT2D eigenvalue weighted by molar-refractivity contribution is 6.32. The van der Waals surface area contributed by atoms with Gasteiger partial charge in [0.05, 0.1) is 11.2 Å². The van der Waals surface area contributed by atoms with Gasteiger partial charge >= 0.3 is 0 Å². The van der Waals surface area contributed by atoms with E-state index in [1.165, 1.54) is 22.3 Å². The van der Waals surface area contributed by atoms with Crippen LogP contribution in [0, 0.1) is 13.8 Å². The van der Waals surface area contributed by atoms with Crippen molar-refractivity contribution in [3.63, 3.8) is 0 Å². The van der Waals surface area contributed by atoms with Gasteiger partial charge in [-0.25, -0.2) is 0 Å². The Kier molecular flexibility index (Phi) is 6.64. The second-order valence-corrected chi connectivity index (χ2v) is 7.36. The van der Waals surface area contributed by atoms with Gasteiger partial charge in [0.2, 0.25) is 0 Å². The second kappa shape index (κ2) is 7.86. The van der Waals surface area contributed by atoms with E-state index in [9.17, 15) is 0 Å². The minimum atomic E-state index is -1.01. The van der Waals surface area contributed by atoms with E-state index in [1.54, 1.807) is 27.7 Å². The summed E-state index contributed by atoms with van der Waals surface area (Å²) in [6, 6.07) is 14.8. The summed E-state index contributed by atoms with van der Waals surface area (Å²) in [5.41, 5.74) is 4.22. The average molecular weight is 327 g/mol. The van der Waals surface area contributed by atoms with Crippen molar-refractivity contribution in [1.82, 2.24) is 0 Å². The number of hydrogen-bond acceptors (Lipinski definition) is 3. The van der Waals surface area contributed by atoms with Crippen molar-refractivity contribution in [1.29, 1.82) is 0 Å². The summed E-state index contributed by atoms with van der Waals surface area (Å²) in [5.74, 6) is 0. The molecular weight excluding hydrogens is 297 g/mol. The predicted octanol–water partition coefficient (Wildman–Crippen LogP) is 2.83. The molecular formula is C20H30BNO2. The first kappa shape index (κ1) is 20.3. The first-order chi connectivity index (χ1) is 10.9. The lowest BCUT2D eigenvalue weighted by molar-refractivity contribution is -0.107. The third kappa shape index (κ3) is 6.02. The van der Waals surface area contributed by atoms with Crippen LogP contribution >= 0.6 is 0 Å². The molecule has 0 amide bonds. The lowest BCUT2D eigenvalue weighted by Crippen LogP contribution is -2.44. The summed E-state index contributed by atoms with van der Waals surface area (Å²) in [4.78, 5) is 0. The molecule has 3 N–H and O–H groups in total. The van der Waals surface area contributed by atoms with E-state index in [1.807, 2.05) is 0 Å². The number of rotatable bonds is 3. The molecule has 0 radical (unpaired) electrons. The Labute approximate surface area is 147 Å². The second-order valence-electron chi connectivity index (χ2n) is 7.36. The Morgan fingerprint density at radius 1 is 0.833 bits per heavy atom. The van der Waals surface area contributed by atoms with Crippen LogP contribution in [-0.2, 0) is 0 Å². The molecule has 2 aromatic carbocycles. The highest BCUT2D eigenvalue weighted by atomic mass is 16.3. The number of nitrogens with one attached hydrogen (secondary N) is 1. The maximum atomic E-state index is 9.10. The van der Waals surface area contributed by atoms with Crippen molar-refractivity contribution in [2.75, 3.05) is 5.32 Å². The van der Waals surface area contributed by atoms with Crippen LogP contribution in [0.1, 0.15) is 38.8 Å². The zero-order chi connectivity index (χ0) is 18.5. The van der Waals surface area contributed by atoms with Gasteiger partial charge in [-0.1, -0.05) is 29.7 Å². The summed E-state index contributed by atoms with van der Waals surface area (Å²) < 4.78 is 0. The molecule has 130 valence electrons. The highest BCUT2D eigenvalue weighted by Crippen LogP contribution is 2.22. The van der Waals surface area contributed by atoms with Crippen LogP contribution in [0.5, 0.6) is 0 Å². The summed E-state index contributed by atoms with van der Waals surface area (Å²) in [6.45, 7) is 10.6. The van der Waals surface area contributed by atoms with E-state index in [-0.39, 0.29) is 0 Å². The van der Waals surface area contributed by atoms with Crippen LogP contribution in [-0.4, -0.2) is 29.3 Å². The fourth-order valence-corrected chi connectivity index (χ4v) is 1.68. The SMILES string of the molecule is Bc1ccc(Nc2cccc(C)c2C)cc1.CC(C)(O)C(C)(C)O. The van der Waals surface area contributed by atoms with E-state index < -0.39 is 11.2 Å². The van der Waals surface area contributed by atoms with Crippen LogP contribution in [0.15, 0.2) is 42.5 Å². The zero-order valence-corrected chi connectivity index (χ0v) is 15.9. The molecule has 0 saturated carbocycles.